The third-order valence-corrected chi connectivity index (χ3v) is 4.99. The molecule has 2 atom stereocenters. The van der Waals surface area contributed by atoms with E-state index in [9.17, 15) is 9.59 Å². The fourth-order valence-corrected chi connectivity index (χ4v) is 3.55. The molecule has 0 saturated heterocycles. The van der Waals surface area contributed by atoms with Crippen molar-refractivity contribution in [1.29, 1.82) is 0 Å². The van der Waals surface area contributed by atoms with Crippen LogP contribution in [0.5, 0.6) is 5.75 Å². The number of rotatable bonds is 6. The summed E-state index contributed by atoms with van der Waals surface area (Å²) in [7, 11) is 3.00. The van der Waals surface area contributed by atoms with Crippen molar-refractivity contribution in [2.45, 2.75) is 25.6 Å². The molecule has 1 heterocycles. The molecule has 0 bridgehead atoms. The van der Waals surface area contributed by atoms with Gasteiger partial charge in [-0.2, -0.15) is 0 Å². The Morgan fingerprint density at radius 3 is 2.52 bits per heavy atom. The average Bonchev–Trinajstić information content (AvgIpc) is 2.71. The SMILES string of the molecule is COC(=O)[C@@H]1Cc2ccccc2C[NH+]1CC(=O)NCc1ccccc1OC. The molecule has 0 aromatic heterocycles. The lowest BCUT2D eigenvalue weighted by atomic mass is 9.94. The van der Waals surface area contributed by atoms with Gasteiger partial charge in [-0.1, -0.05) is 42.5 Å². The Hall–Kier alpha value is -2.86. The Morgan fingerprint density at radius 1 is 1.07 bits per heavy atom. The topological polar surface area (TPSA) is 69.1 Å². The number of esters is 1. The Labute approximate surface area is 159 Å². The van der Waals surface area contributed by atoms with E-state index in [1.807, 2.05) is 42.5 Å². The summed E-state index contributed by atoms with van der Waals surface area (Å²) in [5, 5.41) is 2.93. The van der Waals surface area contributed by atoms with E-state index in [1.165, 1.54) is 12.7 Å². The second-order valence-corrected chi connectivity index (χ2v) is 6.65. The monoisotopic (exact) mass is 369 g/mol. The number of carbonyl (C=O) groups is 2. The lowest BCUT2D eigenvalue weighted by molar-refractivity contribution is -0.924. The Bertz CT molecular complexity index is 821. The summed E-state index contributed by atoms with van der Waals surface area (Å²) >= 11 is 0. The second kappa shape index (κ2) is 8.68. The minimum Gasteiger partial charge on any atom is -0.496 e. The van der Waals surface area contributed by atoms with Crippen molar-refractivity contribution in [1.82, 2.24) is 5.32 Å². The molecule has 2 N–H and O–H groups in total. The smallest absolute Gasteiger partial charge is 0.365 e. The van der Waals surface area contributed by atoms with Crippen molar-refractivity contribution in [2.75, 3.05) is 20.8 Å². The summed E-state index contributed by atoms with van der Waals surface area (Å²) in [6.07, 6.45) is 0.581. The molecule has 1 aliphatic rings. The number of hydrogen-bond donors (Lipinski definition) is 2. The molecule has 6 heteroatoms. The first-order chi connectivity index (χ1) is 13.1. The standard InChI is InChI=1S/C21H24N2O4/c1-26-19-10-6-5-8-16(19)12-22-20(24)14-23-13-17-9-4-3-7-15(17)11-18(23)21(25)27-2/h3-10,18H,11-14H2,1-2H3,(H,22,24)/p+1/t18-/m0/s1. The maximum Gasteiger partial charge on any atom is 0.365 e. The first-order valence-corrected chi connectivity index (χ1v) is 9.00. The van der Waals surface area contributed by atoms with Gasteiger partial charge in [-0.05, 0) is 11.6 Å². The molecule has 142 valence electrons. The lowest BCUT2D eigenvalue weighted by Gasteiger charge is -2.31. The van der Waals surface area contributed by atoms with Crippen molar-refractivity contribution < 1.29 is 24.0 Å². The number of benzene rings is 2. The molecule has 1 amide bonds. The number of methoxy groups -OCH3 is 2. The number of ether oxygens (including phenoxy) is 2. The van der Waals surface area contributed by atoms with Gasteiger partial charge < -0.3 is 19.7 Å². The molecule has 1 unspecified atom stereocenters. The average molecular weight is 369 g/mol. The second-order valence-electron chi connectivity index (χ2n) is 6.65. The molecule has 3 rings (SSSR count). The highest BCUT2D eigenvalue weighted by Gasteiger charge is 2.37. The summed E-state index contributed by atoms with van der Waals surface area (Å²) in [5.41, 5.74) is 3.23. The van der Waals surface area contributed by atoms with Crippen LogP contribution in [0.25, 0.3) is 0 Å². The van der Waals surface area contributed by atoms with Crippen LogP contribution in [0.2, 0.25) is 0 Å². The Balaban J connectivity index is 1.67. The molecular weight excluding hydrogens is 344 g/mol. The first kappa shape index (κ1) is 18.9. The number of quaternary nitrogens is 1. The fourth-order valence-electron chi connectivity index (χ4n) is 3.55. The molecule has 0 saturated carbocycles. The number of amides is 1. The van der Waals surface area contributed by atoms with Gasteiger partial charge in [0.1, 0.15) is 12.3 Å². The van der Waals surface area contributed by atoms with Gasteiger partial charge in [-0.15, -0.1) is 0 Å². The van der Waals surface area contributed by atoms with Gasteiger partial charge >= 0.3 is 5.97 Å². The van der Waals surface area contributed by atoms with E-state index in [0.29, 0.717) is 19.5 Å². The van der Waals surface area contributed by atoms with Gasteiger partial charge in [0.05, 0.1) is 14.2 Å². The third-order valence-electron chi connectivity index (χ3n) is 4.99. The van der Waals surface area contributed by atoms with Gasteiger partial charge in [-0.25, -0.2) is 4.79 Å². The van der Waals surface area contributed by atoms with Crippen LogP contribution in [0.4, 0.5) is 0 Å². The number of para-hydroxylation sites is 1. The molecule has 0 aliphatic carbocycles. The van der Waals surface area contributed by atoms with Crippen LogP contribution >= 0.6 is 0 Å². The number of carbonyl (C=O) groups excluding carboxylic acids is 2. The van der Waals surface area contributed by atoms with Gasteiger partial charge in [0.25, 0.3) is 5.91 Å². The number of nitrogens with one attached hydrogen (secondary N) is 2. The first-order valence-electron chi connectivity index (χ1n) is 9.00. The van der Waals surface area contributed by atoms with E-state index in [0.717, 1.165) is 21.8 Å². The third kappa shape index (κ3) is 4.46. The van der Waals surface area contributed by atoms with Crippen molar-refractivity contribution in [3.8, 4) is 5.75 Å². The summed E-state index contributed by atoms with van der Waals surface area (Å²) in [6.45, 7) is 1.22. The highest BCUT2D eigenvalue weighted by molar-refractivity contribution is 5.78. The van der Waals surface area contributed by atoms with Crippen molar-refractivity contribution in [2.24, 2.45) is 0 Å². The van der Waals surface area contributed by atoms with Gasteiger partial charge in [0.2, 0.25) is 0 Å². The minimum atomic E-state index is -0.373. The summed E-state index contributed by atoms with van der Waals surface area (Å²) in [4.78, 5) is 25.7. The van der Waals surface area contributed by atoms with Crippen LogP contribution in [-0.2, 0) is 33.8 Å². The number of hydrogen-bond acceptors (Lipinski definition) is 4. The number of fused-ring (bicyclic) bond motifs is 1. The van der Waals surface area contributed by atoms with Crippen LogP contribution in [0.1, 0.15) is 16.7 Å². The normalized spacial score (nSPS) is 18.3. The maximum absolute atomic E-state index is 12.5. The lowest BCUT2D eigenvalue weighted by Crippen LogP contribution is -3.17. The molecule has 6 nitrogen and oxygen atoms in total. The van der Waals surface area contributed by atoms with Crippen LogP contribution in [0.15, 0.2) is 48.5 Å². The van der Waals surface area contributed by atoms with E-state index in [2.05, 4.69) is 11.4 Å². The Kier molecular flexibility index (Phi) is 6.08. The van der Waals surface area contributed by atoms with Gasteiger partial charge in [0.15, 0.2) is 12.6 Å². The highest BCUT2D eigenvalue weighted by Crippen LogP contribution is 2.17. The van der Waals surface area contributed by atoms with Crippen molar-refractivity contribution in [3.05, 3.63) is 65.2 Å². The summed E-state index contributed by atoms with van der Waals surface area (Å²) in [6, 6.07) is 15.2. The molecule has 27 heavy (non-hydrogen) atoms. The molecule has 0 radical (unpaired) electrons. The summed E-state index contributed by atoms with van der Waals surface area (Å²) < 4.78 is 10.3. The molecule has 0 fully saturated rings. The molecule has 1 aliphatic heterocycles. The zero-order valence-electron chi connectivity index (χ0n) is 15.7. The van der Waals surface area contributed by atoms with E-state index >= 15 is 0 Å². The highest BCUT2D eigenvalue weighted by atomic mass is 16.5. The zero-order chi connectivity index (χ0) is 19.2. The van der Waals surface area contributed by atoms with Crippen LogP contribution < -0.4 is 15.0 Å². The summed E-state index contributed by atoms with van der Waals surface area (Å²) in [5.74, 6) is 0.353. The maximum atomic E-state index is 12.5. The van der Waals surface area contributed by atoms with Crippen molar-refractivity contribution in [3.63, 3.8) is 0 Å². The van der Waals surface area contributed by atoms with Gasteiger partial charge in [0, 0.05) is 24.1 Å². The van der Waals surface area contributed by atoms with E-state index in [4.69, 9.17) is 9.47 Å². The Morgan fingerprint density at radius 2 is 1.78 bits per heavy atom. The predicted octanol–water partition coefficient (Wildman–Crippen LogP) is 0.494. The van der Waals surface area contributed by atoms with Crippen molar-refractivity contribution >= 4 is 11.9 Å². The molecule has 2 aromatic rings. The predicted molar refractivity (Wildman–Crippen MR) is 100 cm³/mol. The molecule has 2 aromatic carbocycles. The fraction of sp³-hybridized carbons (Fsp3) is 0.333. The molecule has 0 spiro atoms. The van der Waals surface area contributed by atoms with Gasteiger partial charge in [-0.3, -0.25) is 4.79 Å². The molecular formula is C21H25N2O4+. The quantitative estimate of drug-likeness (QED) is 0.728. The van der Waals surface area contributed by atoms with Crippen LogP contribution in [0.3, 0.4) is 0 Å². The van der Waals surface area contributed by atoms with E-state index in [-0.39, 0.29) is 24.5 Å². The van der Waals surface area contributed by atoms with Crippen LogP contribution in [0, 0.1) is 0 Å². The van der Waals surface area contributed by atoms with E-state index < -0.39 is 0 Å². The minimum absolute atomic E-state index is 0.107. The van der Waals surface area contributed by atoms with E-state index in [1.54, 1.807) is 7.11 Å². The largest absolute Gasteiger partial charge is 0.496 e. The van der Waals surface area contributed by atoms with Crippen LogP contribution in [-0.4, -0.2) is 38.7 Å². The zero-order valence-corrected chi connectivity index (χ0v) is 15.7.